The van der Waals surface area contributed by atoms with Gasteiger partial charge in [-0.05, 0) is 55.7 Å². The van der Waals surface area contributed by atoms with Gasteiger partial charge in [0.2, 0.25) is 15.9 Å². The lowest BCUT2D eigenvalue weighted by Gasteiger charge is -2.23. The van der Waals surface area contributed by atoms with Gasteiger partial charge in [0.05, 0.1) is 27.7 Å². The molecule has 5 nitrogen and oxygen atoms in total. The maximum Gasteiger partial charge on any atom is 0.232 e. The van der Waals surface area contributed by atoms with E-state index in [0.717, 1.165) is 17.4 Å². The summed E-state index contributed by atoms with van der Waals surface area (Å²) in [7, 11) is -3.46. The number of benzene rings is 2. The molecule has 0 aromatic heterocycles. The van der Waals surface area contributed by atoms with Gasteiger partial charge in [0.1, 0.15) is 0 Å². The monoisotopic (exact) mass is 428 g/mol. The average Bonchev–Trinajstić information content (AvgIpc) is 2.57. The lowest BCUT2D eigenvalue weighted by atomic mass is 10.1. The van der Waals surface area contributed by atoms with Gasteiger partial charge >= 0.3 is 0 Å². The smallest absolute Gasteiger partial charge is 0.232 e. The minimum Gasteiger partial charge on any atom is -0.324 e. The first-order chi connectivity index (χ1) is 12.6. The summed E-state index contributed by atoms with van der Waals surface area (Å²) in [6.07, 6.45) is 1.65. The number of carbonyl (C=O) groups excluding carboxylic acids is 1. The summed E-state index contributed by atoms with van der Waals surface area (Å²) in [6.45, 7) is 4.10. The van der Waals surface area contributed by atoms with E-state index in [0.29, 0.717) is 27.8 Å². The summed E-state index contributed by atoms with van der Waals surface area (Å²) < 4.78 is 25.7. The van der Waals surface area contributed by atoms with E-state index in [4.69, 9.17) is 23.2 Å². The van der Waals surface area contributed by atoms with E-state index in [1.165, 1.54) is 4.31 Å². The van der Waals surface area contributed by atoms with Gasteiger partial charge in [-0.2, -0.15) is 0 Å². The fourth-order valence-corrected chi connectivity index (χ4v) is 4.02. The first-order valence-electron chi connectivity index (χ1n) is 8.38. The highest BCUT2D eigenvalue weighted by Gasteiger charge is 2.18. The summed E-state index contributed by atoms with van der Waals surface area (Å²) in [5, 5.41) is 3.38. The van der Waals surface area contributed by atoms with Crippen molar-refractivity contribution in [2.24, 2.45) is 0 Å². The van der Waals surface area contributed by atoms with E-state index < -0.39 is 10.0 Å². The van der Waals surface area contributed by atoms with Crippen LogP contribution in [0.1, 0.15) is 24.0 Å². The topological polar surface area (TPSA) is 66.5 Å². The van der Waals surface area contributed by atoms with E-state index in [9.17, 15) is 13.2 Å². The molecule has 0 aliphatic carbocycles. The zero-order valence-electron chi connectivity index (χ0n) is 15.4. The second-order valence-corrected chi connectivity index (χ2v) is 9.07. The number of rotatable bonds is 7. The summed E-state index contributed by atoms with van der Waals surface area (Å²) in [6, 6.07) is 10.4. The Balaban J connectivity index is 2.03. The van der Waals surface area contributed by atoms with Crippen molar-refractivity contribution >= 4 is 50.5 Å². The zero-order valence-corrected chi connectivity index (χ0v) is 17.7. The Morgan fingerprint density at radius 3 is 2.26 bits per heavy atom. The first kappa shape index (κ1) is 21.5. The van der Waals surface area contributed by atoms with Crippen molar-refractivity contribution in [2.45, 2.75) is 26.7 Å². The molecule has 2 rings (SSSR count). The largest absolute Gasteiger partial charge is 0.324 e. The van der Waals surface area contributed by atoms with E-state index in [-0.39, 0.29) is 18.9 Å². The van der Waals surface area contributed by atoms with Gasteiger partial charge in [-0.3, -0.25) is 9.10 Å². The Morgan fingerprint density at radius 2 is 1.70 bits per heavy atom. The number of hydrogen-bond acceptors (Lipinski definition) is 3. The SMILES string of the molecule is Cc1ccc(N(CCCC(=O)Nc2c(Cl)cccc2Cl)S(C)(=O)=O)cc1C. The summed E-state index contributed by atoms with van der Waals surface area (Å²) >= 11 is 12.1. The van der Waals surface area contributed by atoms with Crippen LogP contribution in [0.15, 0.2) is 36.4 Å². The molecule has 0 unspecified atom stereocenters. The Morgan fingerprint density at radius 1 is 1.07 bits per heavy atom. The fourth-order valence-electron chi connectivity index (χ4n) is 2.57. The molecule has 0 fully saturated rings. The molecule has 8 heteroatoms. The summed E-state index contributed by atoms with van der Waals surface area (Å²) in [5.41, 5.74) is 3.05. The third kappa shape index (κ3) is 5.86. The molecule has 0 aliphatic rings. The van der Waals surface area contributed by atoms with E-state index in [2.05, 4.69) is 5.32 Å². The molecule has 0 saturated carbocycles. The Bertz CT molecular complexity index is 926. The third-order valence-corrected chi connectivity index (χ3v) is 6.00. The van der Waals surface area contributed by atoms with Gasteiger partial charge in [-0.1, -0.05) is 35.3 Å². The zero-order chi connectivity index (χ0) is 20.2. The Hall–Kier alpha value is -1.76. The van der Waals surface area contributed by atoms with Crippen molar-refractivity contribution in [3.8, 4) is 0 Å². The number of hydrogen-bond donors (Lipinski definition) is 1. The van der Waals surface area contributed by atoms with Crippen molar-refractivity contribution in [1.82, 2.24) is 0 Å². The van der Waals surface area contributed by atoms with Gasteiger partial charge in [-0.15, -0.1) is 0 Å². The van der Waals surface area contributed by atoms with Crippen LogP contribution in [0.4, 0.5) is 11.4 Å². The number of nitrogens with one attached hydrogen (secondary N) is 1. The van der Waals surface area contributed by atoms with Gasteiger partial charge in [-0.25, -0.2) is 8.42 Å². The van der Waals surface area contributed by atoms with Gasteiger partial charge in [0.25, 0.3) is 0 Å². The fraction of sp³-hybridized carbons (Fsp3) is 0.316. The highest BCUT2D eigenvalue weighted by molar-refractivity contribution is 7.92. The second-order valence-electron chi connectivity index (χ2n) is 6.35. The number of anilines is 2. The van der Waals surface area contributed by atoms with Crippen molar-refractivity contribution in [3.63, 3.8) is 0 Å². The molecule has 2 aromatic rings. The lowest BCUT2D eigenvalue weighted by Crippen LogP contribution is -2.31. The number of sulfonamides is 1. The van der Waals surface area contributed by atoms with Crippen LogP contribution < -0.4 is 9.62 Å². The number of para-hydroxylation sites is 1. The van der Waals surface area contributed by atoms with Crippen LogP contribution in [0.5, 0.6) is 0 Å². The maximum absolute atomic E-state index is 12.2. The highest BCUT2D eigenvalue weighted by Crippen LogP contribution is 2.30. The van der Waals surface area contributed by atoms with Crippen LogP contribution in [0.25, 0.3) is 0 Å². The minimum absolute atomic E-state index is 0.137. The minimum atomic E-state index is -3.46. The van der Waals surface area contributed by atoms with Crippen molar-refractivity contribution in [2.75, 3.05) is 22.4 Å². The van der Waals surface area contributed by atoms with Crippen LogP contribution >= 0.6 is 23.2 Å². The normalized spacial score (nSPS) is 11.3. The molecule has 0 aliphatic heterocycles. The Kier molecular flexibility index (Phi) is 7.14. The highest BCUT2D eigenvalue weighted by atomic mass is 35.5. The average molecular weight is 429 g/mol. The number of aryl methyl sites for hydroxylation is 2. The molecule has 0 radical (unpaired) electrons. The third-order valence-electron chi connectivity index (χ3n) is 4.17. The van der Waals surface area contributed by atoms with Gasteiger partial charge in [0.15, 0.2) is 0 Å². The molecule has 1 N–H and O–H groups in total. The van der Waals surface area contributed by atoms with Crippen LogP contribution in [-0.2, 0) is 14.8 Å². The lowest BCUT2D eigenvalue weighted by molar-refractivity contribution is -0.116. The van der Waals surface area contributed by atoms with Crippen molar-refractivity contribution < 1.29 is 13.2 Å². The van der Waals surface area contributed by atoms with Crippen molar-refractivity contribution in [3.05, 3.63) is 57.6 Å². The number of carbonyl (C=O) groups is 1. The van der Waals surface area contributed by atoms with Gasteiger partial charge < -0.3 is 5.32 Å². The van der Waals surface area contributed by atoms with Crippen molar-refractivity contribution in [1.29, 1.82) is 0 Å². The molecule has 1 amide bonds. The maximum atomic E-state index is 12.2. The summed E-state index contributed by atoms with van der Waals surface area (Å²) in [4.78, 5) is 12.2. The van der Waals surface area contributed by atoms with E-state index in [1.807, 2.05) is 26.0 Å². The van der Waals surface area contributed by atoms with Crippen LogP contribution in [0.3, 0.4) is 0 Å². The molecule has 0 spiro atoms. The van der Waals surface area contributed by atoms with Crippen LogP contribution in [0.2, 0.25) is 10.0 Å². The Labute approximate surface area is 170 Å². The predicted octanol–water partition coefficient (Wildman–Crippen LogP) is 4.80. The van der Waals surface area contributed by atoms with Crippen LogP contribution in [0, 0.1) is 13.8 Å². The standard InChI is InChI=1S/C19H22Cl2N2O3S/c1-13-9-10-15(12-14(13)2)23(27(3,25)26)11-5-8-18(24)22-19-16(20)6-4-7-17(19)21/h4,6-7,9-10,12H,5,8,11H2,1-3H3,(H,22,24). The molecule has 0 atom stereocenters. The van der Waals surface area contributed by atoms with Gasteiger partial charge in [0, 0.05) is 13.0 Å². The second kappa shape index (κ2) is 8.95. The molecule has 2 aromatic carbocycles. The molecule has 0 bridgehead atoms. The quantitative estimate of drug-likeness (QED) is 0.688. The molecular formula is C19H22Cl2N2O3S. The van der Waals surface area contributed by atoms with E-state index in [1.54, 1.807) is 24.3 Å². The molecule has 0 saturated heterocycles. The van der Waals surface area contributed by atoms with Crippen LogP contribution in [-0.4, -0.2) is 27.1 Å². The number of nitrogens with zero attached hydrogens (tertiary/aromatic N) is 1. The predicted molar refractivity (Wildman–Crippen MR) is 112 cm³/mol. The molecule has 146 valence electrons. The number of halogens is 2. The first-order valence-corrected chi connectivity index (χ1v) is 11.0. The molecular weight excluding hydrogens is 407 g/mol. The number of amides is 1. The molecule has 27 heavy (non-hydrogen) atoms. The van der Waals surface area contributed by atoms with E-state index >= 15 is 0 Å². The summed E-state index contributed by atoms with van der Waals surface area (Å²) in [5.74, 6) is -0.279. The molecule has 0 heterocycles.